The van der Waals surface area contributed by atoms with E-state index < -0.39 is 0 Å². The van der Waals surface area contributed by atoms with Crippen molar-refractivity contribution in [2.45, 2.75) is 13.8 Å². The molecule has 2 unspecified atom stereocenters. The fourth-order valence-corrected chi connectivity index (χ4v) is 1.33. The Bertz CT molecular complexity index is 232. The molecule has 0 aliphatic carbocycles. The van der Waals surface area contributed by atoms with Gasteiger partial charge in [-0.3, -0.25) is 9.59 Å². The largest absolute Gasteiger partial charge is 0.383 e. The zero-order valence-corrected chi connectivity index (χ0v) is 11.6. The number of amides is 2. The van der Waals surface area contributed by atoms with E-state index in [-0.39, 0.29) is 23.7 Å². The van der Waals surface area contributed by atoms with Gasteiger partial charge < -0.3 is 20.1 Å². The van der Waals surface area contributed by atoms with Gasteiger partial charge in [0.05, 0.1) is 13.2 Å². The van der Waals surface area contributed by atoms with E-state index in [0.29, 0.717) is 26.3 Å². The summed E-state index contributed by atoms with van der Waals surface area (Å²) < 4.78 is 9.67. The molecule has 0 heterocycles. The van der Waals surface area contributed by atoms with Gasteiger partial charge in [0.2, 0.25) is 11.8 Å². The van der Waals surface area contributed by atoms with Crippen molar-refractivity contribution in [3.63, 3.8) is 0 Å². The second-order valence-electron chi connectivity index (χ2n) is 4.15. The molecule has 0 radical (unpaired) electrons. The zero-order valence-electron chi connectivity index (χ0n) is 11.6. The van der Waals surface area contributed by atoms with Crippen molar-refractivity contribution in [3.05, 3.63) is 0 Å². The quantitative estimate of drug-likeness (QED) is 0.562. The maximum Gasteiger partial charge on any atom is 0.223 e. The molecule has 18 heavy (non-hydrogen) atoms. The first-order valence-corrected chi connectivity index (χ1v) is 6.07. The summed E-state index contributed by atoms with van der Waals surface area (Å²) in [6.07, 6.45) is 0. The molecule has 6 nitrogen and oxygen atoms in total. The highest BCUT2D eigenvalue weighted by atomic mass is 16.5. The Kier molecular flexibility index (Phi) is 9.22. The van der Waals surface area contributed by atoms with Crippen molar-refractivity contribution in [2.75, 3.05) is 40.5 Å². The minimum absolute atomic E-state index is 0.138. The molecule has 0 aliphatic heterocycles. The summed E-state index contributed by atoms with van der Waals surface area (Å²) in [5, 5.41) is 5.44. The van der Waals surface area contributed by atoms with Gasteiger partial charge in [0, 0.05) is 39.1 Å². The monoisotopic (exact) mass is 260 g/mol. The number of carbonyl (C=O) groups excluding carboxylic acids is 2. The third-order valence-corrected chi connectivity index (χ3v) is 2.79. The standard InChI is InChI=1S/C12H24N2O4/c1-9(11(15)13-5-7-17-3)10(2)12(16)14-6-8-18-4/h9-10H,5-8H2,1-4H3,(H,13,15)(H,14,16). The zero-order chi connectivity index (χ0) is 14.0. The topological polar surface area (TPSA) is 76.7 Å². The molecule has 0 spiro atoms. The molecule has 0 bridgehead atoms. The Hall–Kier alpha value is -1.14. The first-order valence-electron chi connectivity index (χ1n) is 6.07. The van der Waals surface area contributed by atoms with E-state index >= 15 is 0 Å². The van der Waals surface area contributed by atoms with Crippen LogP contribution in [0.2, 0.25) is 0 Å². The Morgan fingerprint density at radius 3 is 1.50 bits per heavy atom. The van der Waals surface area contributed by atoms with Crippen molar-refractivity contribution in [1.29, 1.82) is 0 Å². The van der Waals surface area contributed by atoms with Crippen LogP contribution in [0.15, 0.2) is 0 Å². The smallest absolute Gasteiger partial charge is 0.223 e. The molecule has 0 aliphatic rings. The van der Waals surface area contributed by atoms with Crippen LogP contribution in [0.5, 0.6) is 0 Å². The van der Waals surface area contributed by atoms with Crippen LogP contribution in [0.3, 0.4) is 0 Å². The molecular formula is C12H24N2O4. The molecule has 0 rings (SSSR count). The number of carbonyl (C=O) groups is 2. The molecule has 0 aromatic carbocycles. The third-order valence-electron chi connectivity index (χ3n) is 2.79. The van der Waals surface area contributed by atoms with Crippen LogP contribution in [-0.2, 0) is 19.1 Å². The first-order chi connectivity index (χ1) is 8.54. The number of nitrogens with one attached hydrogen (secondary N) is 2. The molecule has 0 fully saturated rings. The van der Waals surface area contributed by atoms with E-state index in [1.165, 1.54) is 0 Å². The molecule has 6 heteroatoms. The number of ether oxygens (including phenoxy) is 2. The van der Waals surface area contributed by atoms with Gasteiger partial charge in [-0.15, -0.1) is 0 Å². The molecule has 2 N–H and O–H groups in total. The lowest BCUT2D eigenvalue weighted by atomic mass is 9.94. The lowest BCUT2D eigenvalue weighted by molar-refractivity contribution is -0.133. The van der Waals surface area contributed by atoms with Crippen LogP contribution in [0.4, 0.5) is 0 Å². The molecule has 0 saturated carbocycles. The average molecular weight is 260 g/mol. The van der Waals surface area contributed by atoms with Crippen molar-refractivity contribution >= 4 is 11.8 Å². The summed E-state index contributed by atoms with van der Waals surface area (Å²) in [5.74, 6) is -1.02. The third kappa shape index (κ3) is 6.56. The number of rotatable bonds is 9. The Morgan fingerprint density at radius 2 is 1.22 bits per heavy atom. The second kappa shape index (κ2) is 9.85. The highest BCUT2D eigenvalue weighted by Crippen LogP contribution is 2.10. The highest BCUT2D eigenvalue weighted by Gasteiger charge is 2.25. The van der Waals surface area contributed by atoms with Crippen molar-refractivity contribution in [1.82, 2.24) is 10.6 Å². The molecule has 2 atom stereocenters. The van der Waals surface area contributed by atoms with Gasteiger partial charge in [0.1, 0.15) is 0 Å². The second-order valence-corrected chi connectivity index (χ2v) is 4.15. The summed E-state index contributed by atoms with van der Waals surface area (Å²) >= 11 is 0. The van der Waals surface area contributed by atoms with E-state index in [4.69, 9.17) is 9.47 Å². The van der Waals surface area contributed by atoms with Crippen LogP contribution in [-0.4, -0.2) is 52.3 Å². The Morgan fingerprint density at radius 1 is 0.889 bits per heavy atom. The SMILES string of the molecule is COCCNC(=O)C(C)C(C)C(=O)NCCOC. The molecule has 0 saturated heterocycles. The van der Waals surface area contributed by atoms with Crippen LogP contribution < -0.4 is 10.6 Å². The van der Waals surface area contributed by atoms with E-state index in [2.05, 4.69) is 10.6 Å². The van der Waals surface area contributed by atoms with E-state index in [9.17, 15) is 9.59 Å². The van der Waals surface area contributed by atoms with Crippen molar-refractivity contribution < 1.29 is 19.1 Å². The van der Waals surface area contributed by atoms with Gasteiger partial charge in [-0.1, -0.05) is 13.8 Å². The maximum atomic E-state index is 11.7. The average Bonchev–Trinajstić information content (AvgIpc) is 2.37. The summed E-state index contributed by atoms with van der Waals surface area (Å²) in [5.41, 5.74) is 0. The fourth-order valence-electron chi connectivity index (χ4n) is 1.33. The molecular weight excluding hydrogens is 236 g/mol. The molecule has 106 valence electrons. The first kappa shape index (κ1) is 16.9. The Balaban J connectivity index is 4.02. The predicted molar refractivity (Wildman–Crippen MR) is 68.1 cm³/mol. The van der Waals surface area contributed by atoms with E-state index in [1.807, 2.05) is 0 Å². The van der Waals surface area contributed by atoms with Crippen LogP contribution in [0, 0.1) is 11.8 Å². The number of methoxy groups -OCH3 is 2. The summed E-state index contributed by atoms with van der Waals surface area (Å²) in [7, 11) is 3.14. The number of hydrogen-bond acceptors (Lipinski definition) is 4. The molecule has 0 aromatic heterocycles. The van der Waals surface area contributed by atoms with Gasteiger partial charge >= 0.3 is 0 Å². The van der Waals surface area contributed by atoms with Crippen LogP contribution >= 0.6 is 0 Å². The van der Waals surface area contributed by atoms with Gasteiger partial charge in [-0.2, -0.15) is 0 Å². The van der Waals surface area contributed by atoms with Crippen LogP contribution in [0.1, 0.15) is 13.8 Å². The minimum Gasteiger partial charge on any atom is -0.383 e. The lowest BCUT2D eigenvalue weighted by Crippen LogP contribution is -2.41. The van der Waals surface area contributed by atoms with Gasteiger partial charge in [0.15, 0.2) is 0 Å². The van der Waals surface area contributed by atoms with Crippen molar-refractivity contribution in [2.24, 2.45) is 11.8 Å². The maximum absolute atomic E-state index is 11.7. The van der Waals surface area contributed by atoms with Crippen LogP contribution in [0.25, 0.3) is 0 Å². The summed E-state index contributed by atoms with van der Waals surface area (Å²) in [6.45, 7) is 5.32. The van der Waals surface area contributed by atoms with E-state index in [1.54, 1.807) is 28.1 Å². The van der Waals surface area contributed by atoms with Gasteiger partial charge in [0.25, 0.3) is 0 Å². The normalized spacial score (nSPS) is 13.8. The summed E-state index contributed by atoms with van der Waals surface area (Å²) in [6, 6.07) is 0. The van der Waals surface area contributed by atoms with Gasteiger partial charge in [-0.25, -0.2) is 0 Å². The lowest BCUT2D eigenvalue weighted by Gasteiger charge is -2.18. The van der Waals surface area contributed by atoms with E-state index in [0.717, 1.165) is 0 Å². The minimum atomic E-state index is -0.371. The summed E-state index contributed by atoms with van der Waals surface area (Å²) in [4.78, 5) is 23.4. The fraction of sp³-hybridized carbons (Fsp3) is 0.833. The highest BCUT2D eigenvalue weighted by molar-refractivity contribution is 5.87. The molecule has 2 amide bonds. The molecule has 0 aromatic rings. The Labute approximate surface area is 108 Å². The van der Waals surface area contributed by atoms with Crippen molar-refractivity contribution in [3.8, 4) is 0 Å². The predicted octanol–water partition coefficient (Wildman–Crippen LogP) is -0.216. The van der Waals surface area contributed by atoms with Gasteiger partial charge in [-0.05, 0) is 0 Å². The number of hydrogen-bond donors (Lipinski definition) is 2.